The zero-order chi connectivity index (χ0) is 13.9. The van der Waals surface area contributed by atoms with Crippen LogP contribution in [-0.4, -0.2) is 35.0 Å². The highest BCUT2D eigenvalue weighted by molar-refractivity contribution is 5.86. The Morgan fingerprint density at radius 3 is 2.50 bits per heavy atom. The molecule has 0 aromatic heterocycles. The fourth-order valence-corrected chi connectivity index (χ4v) is 2.10. The Kier molecular flexibility index (Phi) is 4.77. The molecule has 2 atom stereocenters. The van der Waals surface area contributed by atoms with Crippen LogP contribution in [0.4, 0.5) is 0 Å². The molecule has 0 radical (unpaired) electrons. The van der Waals surface area contributed by atoms with Crippen LogP contribution in [0.2, 0.25) is 0 Å². The number of esters is 1. The molecule has 0 N–H and O–H groups in total. The van der Waals surface area contributed by atoms with Gasteiger partial charge in [-0.15, -0.1) is 0 Å². The number of carbonyl (C=O) groups excluding carboxylic acids is 2. The normalized spacial score (nSPS) is 21.8. The predicted octanol–water partition coefficient (Wildman–Crippen LogP) is 2.37. The molecule has 0 aromatic rings. The predicted molar refractivity (Wildman–Crippen MR) is 70.0 cm³/mol. The van der Waals surface area contributed by atoms with Gasteiger partial charge in [-0.25, -0.2) is 4.79 Å². The zero-order valence-corrected chi connectivity index (χ0v) is 12.2. The van der Waals surface area contributed by atoms with Crippen molar-refractivity contribution in [3.63, 3.8) is 0 Å². The van der Waals surface area contributed by atoms with Gasteiger partial charge in [-0.05, 0) is 40.0 Å². The Balaban J connectivity index is 2.70. The molecular formula is C14H25NO3. The lowest BCUT2D eigenvalue weighted by Gasteiger charge is -2.28. The second kappa shape index (κ2) is 5.72. The van der Waals surface area contributed by atoms with Gasteiger partial charge in [0.1, 0.15) is 11.6 Å². The van der Waals surface area contributed by atoms with Crippen LogP contribution in [0.1, 0.15) is 53.9 Å². The molecule has 1 unspecified atom stereocenters. The number of likely N-dealkylation sites (tertiary alicyclic amines) is 1. The van der Waals surface area contributed by atoms with Crippen LogP contribution in [0.25, 0.3) is 0 Å². The van der Waals surface area contributed by atoms with Gasteiger partial charge in [0.15, 0.2) is 0 Å². The number of ether oxygens (including phenoxy) is 1. The molecule has 1 rings (SSSR count). The van der Waals surface area contributed by atoms with Gasteiger partial charge in [0.05, 0.1) is 0 Å². The van der Waals surface area contributed by atoms with Crippen LogP contribution >= 0.6 is 0 Å². The highest BCUT2D eigenvalue weighted by atomic mass is 16.6. The molecular weight excluding hydrogens is 230 g/mol. The summed E-state index contributed by atoms with van der Waals surface area (Å²) in [5.41, 5.74) is -0.495. The fraction of sp³-hybridized carbons (Fsp3) is 0.857. The third kappa shape index (κ3) is 3.72. The average molecular weight is 255 g/mol. The molecule has 1 heterocycles. The lowest BCUT2D eigenvalue weighted by molar-refractivity contribution is -0.163. The van der Waals surface area contributed by atoms with E-state index in [0.717, 1.165) is 19.3 Å². The summed E-state index contributed by atoms with van der Waals surface area (Å²) < 4.78 is 5.38. The number of hydrogen-bond acceptors (Lipinski definition) is 3. The van der Waals surface area contributed by atoms with Gasteiger partial charge in [0, 0.05) is 12.5 Å². The minimum atomic E-state index is -0.495. The summed E-state index contributed by atoms with van der Waals surface area (Å²) in [5.74, 6) is -0.212. The Hall–Kier alpha value is -1.06. The van der Waals surface area contributed by atoms with E-state index >= 15 is 0 Å². The Bertz CT molecular complexity index is 319. The fourth-order valence-electron chi connectivity index (χ4n) is 2.10. The van der Waals surface area contributed by atoms with Crippen molar-refractivity contribution in [1.29, 1.82) is 0 Å². The molecule has 4 heteroatoms. The molecule has 0 saturated carbocycles. The van der Waals surface area contributed by atoms with Gasteiger partial charge in [0.2, 0.25) is 5.91 Å². The van der Waals surface area contributed by atoms with Crippen LogP contribution in [0, 0.1) is 5.92 Å². The summed E-state index contributed by atoms with van der Waals surface area (Å²) in [6, 6.07) is -0.384. The Morgan fingerprint density at radius 2 is 2.00 bits per heavy atom. The standard InChI is InChI=1S/C14H25NO3/c1-6-10(2)12(16)15-9-7-8-11(15)13(17)18-14(3,4)5/h10-11H,6-9H2,1-5H3/t10?,11-/m0/s1. The molecule has 0 bridgehead atoms. The second-order valence-electron chi connectivity index (χ2n) is 6.03. The Morgan fingerprint density at radius 1 is 1.39 bits per heavy atom. The summed E-state index contributed by atoms with van der Waals surface area (Å²) in [6.07, 6.45) is 2.40. The lowest BCUT2D eigenvalue weighted by atomic mass is 10.1. The largest absolute Gasteiger partial charge is 0.458 e. The maximum Gasteiger partial charge on any atom is 0.329 e. The smallest absolute Gasteiger partial charge is 0.329 e. The summed E-state index contributed by atoms with van der Waals surface area (Å²) in [7, 11) is 0. The average Bonchev–Trinajstić information content (AvgIpc) is 2.73. The first-order chi connectivity index (χ1) is 8.26. The highest BCUT2D eigenvalue weighted by Crippen LogP contribution is 2.23. The summed E-state index contributed by atoms with van der Waals surface area (Å²) in [4.78, 5) is 25.9. The van der Waals surface area contributed by atoms with Gasteiger partial charge in [-0.2, -0.15) is 0 Å². The lowest BCUT2D eigenvalue weighted by Crippen LogP contribution is -2.45. The Labute approximate surface area is 110 Å². The van der Waals surface area contributed by atoms with E-state index in [4.69, 9.17) is 4.74 Å². The minimum Gasteiger partial charge on any atom is -0.458 e. The first-order valence-electron chi connectivity index (χ1n) is 6.79. The molecule has 1 aliphatic rings. The van der Waals surface area contributed by atoms with Crippen LogP contribution < -0.4 is 0 Å². The third-order valence-corrected chi connectivity index (χ3v) is 3.25. The summed E-state index contributed by atoms with van der Waals surface area (Å²) in [6.45, 7) is 10.1. The van der Waals surface area contributed by atoms with Gasteiger partial charge in [0.25, 0.3) is 0 Å². The highest BCUT2D eigenvalue weighted by Gasteiger charge is 2.37. The SMILES string of the molecule is CCC(C)C(=O)N1CCC[C@H]1C(=O)OC(C)(C)C. The van der Waals surface area contributed by atoms with E-state index in [-0.39, 0.29) is 23.8 Å². The number of hydrogen-bond donors (Lipinski definition) is 0. The van der Waals surface area contributed by atoms with Crippen molar-refractivity contribution in [2.75, 3.05) is 6.54 Å². The molecule has 1 aliphatic heterocycles. The van der Waals surface area contributed by atoms with Crippen molar-refractivity contribution in [3.05, 3.63) is 0 Å². The maximum atomic E-state index is 12.2. The van der Waals surface area contributed by atoms with E-state index < -0.39 is 5.60 Å². The molecule has 0 aromatic carbocycles. The molecule has 18 heavy (non-hydrogen) atoms. The third-order valence-electron chi connectivity index (χ3n) is 3.25. The van der Waals surface area contributed by atoms with Crippen LogP contribution in [0.5, 0.6) is 0 Å². The summed E-state index contributed by atoms with van der Waals surface area (Å²) >= 11 is 0. The van der Waals surface area contributed by atoms with Gasteiger partial charge < -0.3 is 9.64 Å². The van der Waals surface area contributed by atoms with Crippen LogP contribution in [-0.2, 0) is 14.3 Å². The van der Waals surface area contributed by atoms with E-state index in [9.17, 15) is 9.59 Å². The monoisotopic (exact) mass is 255 g/mol. The molecule has 0 aliphatic carbocycles. The minimum absolute atomic E-state index is 0.0203. The molecule has 0 spiro atoms. The topological polar surface area (TPSA) is 46.6 Å². The van der Waals surface area contributed by atoms with E-state index in [2.05, 4.69) is 0 Å². The van der Waals surface area contributed by atoms with Crippen LogP contribution in [0.15, 0.2) is 0 Å². The second-order valence-corrected chi connectivity index (χ2v) is 6.03. The van der Waals surface area contributed by atoms with Crippen LogP contribution in [0.3, 0.4) is 0 Å². The van der Waals surface area contributed by atoms with Gasteiger partial charge in [-0.1, -0.05) is 13.8 Å². The van der Waals surface area contributed by atoms with E-state index in [1.165, 1.54) is 0 Å². The molecule has 1 fully saturated rings. The molecule has 1 saturated heterocycles. The van der Waals surface area contributed by atoms with Crippen molar-refractivity contribution in [2.45, 2.75) is 65.5 Å². The van der Waals surface area contributed by atoms with Gasteiger partial charge in [-0.3, -0.25) is 4.79 Å². The molecule has 104 valence electrons. The first kappa shape index (κ1) is 15.0. The summed E-state index contributed by atoms with van der Waals surface area (Å²) in [5, 5.41) is 0. The van der Waals surface area contributed by atoms with Crippen molar-refractivity contribution >= 4 is 11.9 Å². The van der Waals surface area contributed by atoms with E-state index in [1.54, 1.807) is 4.90 Å². The van der Waals surface area contributed by atoms with Crippen molar-refractivity contribution in [1.82, 2.24) is 4.90 Å². The van der Waals surface area contributed by atoms with E-state index in [0.29, 0.717) is 6.54 Å². The van der Waals surface area contributed by atoms with E-state index in [1.807, 2.05) is 34.6 Å². The number of carbonyl (C=O) groups is 2. The number of rotatable bonds is 3. The molecule has 1 amide bonds. The number of nitrogens with zero attached hydrogens (tertiary/aromatic N) is 1. The van der Waals surface area contributed by atoms with Crippen molar-refractivity contribution in [2.24, 2.45) is 5.92 Å². The number of amides is 1. The molecule has 4 nitrogen and oxygen atoms in total. The quantitative estimate of drug-likeness (QED) is 0.727. The van der Waals surface area contributed by atoms with Crippen molar-refractivity contribution < 1.29 is 14.3 Å². The zero-order valence-electron chi connectivity index (χ0n) is 12.2. The van der Waals surface area contributed by atoms with Gasteiger partial charge >= 0.3 is 5.97 Å². The van der Waals surface area contributed by atoms with Crippen molar-refractivity contribution in [3.8, 4) is 0 Å². The first-order valence-corrected chi connectivity index (χ1v) is 6.79. The maximum absolute atomic E-state index is 12.2.